The second-order valence-electron chi connectivity index (χ2n) is 8.71. The summed E-state index contributed by atoms with van der Waals surface area (Å²) in [6.45, 7) is 7.01. The first-order chi connectivity index (χ1) is 14.5. The predicted octanol–water partition coefficient (Wildman–Crippen LogP) is 3.04. The number of thiophene rings is 1. The highest BCUT2D eigenvalue weighted by Crippen LogP contribution is 2.28. The van der Waals surface area contributed by atoms with E-state index in [9.17, 15) is 14.4 Å². The maximum absolute atomic E-state index is 13.1. The molecule has 0 bridgehead atoms. The van der Waals surface area contributed by atoms with E-state index in [1.165, 1.54) is 22.2 Å². The van der Waals surface area contributed by atoms with Crippen LogP contribution >= 0.6 is 11.3 Å². The molecule has 1 atom stereocenters. The molecule has 2 aromatic heterocycles. The van der Waals surface area contributed by atoms with Crippen molar-refractivity contribution >= 4 is 33.4 Å². The summed E-state index contributed by atoms with van der Waals surface area (Å²) in [5.74, 6) is 0.451. The van der Waals surface area contributed by atoms with Gasteiger partial charge in [-0.05, 0) is 44.1 Å². The van der Waals surface area contributed by atoms with Crippen LogP contribution in [-0.4, -0.2) is 57.3 Å². The van der Waals surface area contributed by atoms with Crippen molar-refractivity contribution in [1.82, 2.24) is 19.4 Å². The number of likely N-dealkylation sites (tertiary alicyclic amines) is 2. The number of carbonyl (C=O) groups excluding carboxylic acids is 2. The molecular weight excluding hydrogens is 400 g/mol. The molecule has 2 aromatic rings. The lowest BCUT2D eigenvalue weighted by Gasteiger charge is -2.31. The molecule has 2 aliphatic heterocycles. The van der Waals surface area contributed by atoms with Gasteiger partial charge in [0.05, 0.1) is 16.6 Å². The van der Waals surface area contributed by atoms with Gasteiger partial charge in [-0.15, -0.1) is 11.3 Å². The zero-order valence-corrected chi connectivity index (χ0v) is 18.7. The van der Waals surface area contributed by atoms with Gasteiger partial charge >= 0.3 is 0 Å². The van der Waals surface area contributed by atoms with E-state index in [0.717, 1.165) is 64.7 Å². The van der Waals surface area contributed by atoms with Crippen LogP contribution < -0.4 is 5.56 Å². The summed E-state index contributed by atoms with van der Waals surface area (Å²) in [5.41, 5.74) is 0.456. The van der Waals surface area contributed by atoms with Crippen LogP contribution in [0.1, 0.15) is 60.7 Å². The van der Waals surface area contributed by atoms with E-state index in [4.69, 9.17) is 0 Å². The number of aromatic nitrogens is 2. The van der Waals surface area contributed by atoms with Crippen LogP contribution in [0.5, 0.6) is 0 Å². The van der Waals surface area contributed by atoms with Crippen molar-refractivity contribution in [3.63, 3.8) is 0 Å². The molecule has 0 N–H and O–H groups in total. The van der Waals surface area contributed by atoms with Gasteiger partial charge < -0.3 is 9.80 Å². The molecular formula is C22H30N4O3S. The number of aryl methyl sites for hydroxylation is 1. The van der Waals surface area contributed by atoms with E-state index in [1.807, 2.05) is 16.7 Å². The van der Waals surface area contributed by atoms with E-state index < -0.39 is 0 Å². The maximum atomic E-state index is 13.1. The third-order valence-corrected chi connectivity index (χ3v) is 7.51. The quantitative estimate of drug-likeness (QED) is 0.750. The molecule has 0 radical (unpaired) electrons. The number of hydrogen-bond donors (Lipinski definition) is 0. The highest BCUT2D eigenvalue weighted by atomic mass is 32.1. The van der Waals surface area contributed by atoms with Gasteiger partial charge in [-0.25, -0.2) is 4.98 Å². The molecule has 30 heavy (non-hydrogen) atoms. The fourth-order valence-electron chi connectivity index (χ4n) is 4.55. The average molecular weight is 431 g/mol. The van der Waals surface area contributed by atoms with Gasteiger partial charge in [0.1, 0.15) is 11.4 Å². The molecule has 0 aliphatic carbocycles. The first-order valence-electron chi connectivity index (χ1n) is 11.0. The van der Waals surface area contributed by atoms with Gasteiger partial charge in [-0.1, -0.05) is 19.8 Å². The van der Waals surface area contributed by atoms with Crippen molar-refractivity contribution in [3.05, 3.63) is 27.1 Å². The Morgan fingerprint density at radius 2 is 1.80 bits per heavy atom. The van der Waals surface area contributed by atoms with E-state index in [0.29, 0.717) is 26.6 Å². The topological polar surface area (TPSA) is 75.5 Å². The highest BCUT2D eigenvalue weighted by molar-refractivity contribution is 7.20. The number of nitrogens with zero attached hydrogens (tertiary/aromatic N) is 4. The number of fused-ring (bicyclic) bond motifs is 1. The molecule has 0 spiro atoms. The van der Waals surface area contributed by atoms with E-state index in [-0.39, 0.29) is 23.9 Å². The summed E-state index contributed by atoms with van der Waals surface area (Å²) in [7, 11) is 0. The normalized spacial score (nSPS) is 20.4. The molecule has 2 saturated heterocycles. The van der Waals surface area contributed by atoms with E-state index in [1.54, 1.807) is 0 Å². The van der Waals surface area contributed by atoms with Crippen molar-refractivity contribution in [2.24, 2.45) is 5.92 Å². The Hall–Kier alpha value is -2.22. The Kier molecular flexibility index (Phi) is 6.22. The van der Waals surface area contributed by atoms with Crippen LogP contribution in [0.3, 0.4) is 0 Å². The Balaban J connectivity index is 1.59. The van der Waals surface area contributed by atoms with Gasteiger partial charge in [0.2, 0.25) is 5.91 Å². The molecule has 0 saturated carbocycles. The lowest BCUT2D eigenvalue weighted by molar-refractivity contribution is -0.133. The fraction of sp³-hybridized carbons (Fsp3) is 0.636. The van der Waals surface area contributed by atoms with Crippen molar-refractivity contribution < 1.29 is 9.59 Å². The van der Waals surface area contributed by atoms with E-state index >= 15 is 0 Å². The molecule has 2 amide bonds. The van der Waals surface area contributed by atoms with Gasteiger partial charge in [0.25, 0.3) is 11.5 Å². The van der Waals surface area contributed by atoms with Crippen LogP contribution in [0.25, 0.3) is 10.2 Å². The van der Waals surface area contributed by atoms with Crippen LogP contribution in [-0.2, 0) is 11.3 Å². The lowest BCUT2D eigenvalue weighted by atomic mass is 10.0. The Labute approximate surface area is 180 Å². The third kappa shape index (κ3) is 4.15. The smallest absolute Gasteiger partial charge is 0.264 e. The number of amides is 2. The summed E-state index contributed by atoms with van der Waals surface area (Å²) < 4.78 is 1.39. The molecule has 162 valence electrons. The molecule has 8 heteroatoms. The van der Waals surface area contributed by atoms with Crippen LogP contribution in [0, 0.1) is 12.8 Å². The predicted molar refractivity (Wildman–Crippen MR) is 118 cm³/mol. The number of rotatable bonds is 3. The van der Waals surface area contributed by atoms with Crippen LogP contribution in [0.15, 0.2) is 11.1 Å². The van der Waals surface area contributed by atoms with Crippen molar-refractivity contribution in [2.75, 3.05) is 26.2 Å². The molecule has 1 unspecified atom stereocenters. The average Bonchev–Trinajstić information content (AvgIpc) is 2.90. The van der Waals surface area contributed by atoms with Gasteiger partial charge in [-0.3, -0.25) is 19.0 Å². The van der Waals surface area contributed by atoms with Crippen molar-refractivity contribution in [2.45, 2.75) is 58.9 Å². The standard InChI is InChI=1S/C22H30N4O3S/c1-15-8-7-11-25(12-15)17(27)13-26-14-23-20-18(21(26)28)16(2)19(30-20)22(29)24-9-5-3-4-6-10-24/h14-15H,3-13H2,1-2H3. The molecule has 7 nitrogen and oxygen atoms in total. The Morgan fingerprint density at radius 1 is 1.10 bits per heavy atom. The van der Waals surface area contributed by atoms with Gasteiger partial charge in [0.15, 0.2) is 0 Å². The largest absolute Gasteiger partial charge is 0.341 e. The molecule has 0 aromatic carbocycles. The summed E-state index contributed by atoms with van der Waals surface area (Å²) in [5, 5.41) is 0.473. The summed E-state index contributed by atoms with van der Waals surface area (Å²) in [4.78, 5) is 48.3. The molecule has 4 heterocycles. The highest BCUT2D eigenvalue weighted by Gasteiger charge is 2.25. The Morgan fingerprint density at radius 3 is 2.50 bits per heavy atom. The van der Waals surface area contributed by atoms with Gasteiger partial charge in [0, 0.05) is 26.2 Å². The second-order valence-corrected chi connectivity index (χ2v) is 9.71. The second kappa shape index (κ2) is 8.88. The Bertz CT molecular complexity index is 1000. The number of piperidine rings is 1. The van der Waals surface area contributed by atoms with Gasteiger partial charge in [-0.2, -0.15) is 0 Å². The zero-order valence-electron chi connectivity index (χ0n) is 17.9. The minimum absolute atomic E-state index is 0.000809. The summed E-state index contributed by atoms with van der Waals surface area (Å²) in [6, 6.07) is 0. The number of carbonyl (C=O) groups is 2. The van der Waals surface area contributed by atoms with Crippen LogP contribution in [0.2, 0.25) is 0 Å². The monoisotopic (exact) mass is 430 g/mol. The molecule has 2 fully saturated rings. The minimum Gasteiger partial charge on any atom is -0.341 e. The van der Waals surface area contributed by atoms with E-state index in [2.05, 4.69) is 11.9 Å². The summed E-state index contributed by atoms with van der Waals surface area (Å²) in [6.07, 6.45) is 7.96. The first kappa shape index (κ1) is 21.0. The minimum atomic E-state index is -0.234. The lowest BCUT2D eigenvalue weighted by Crippen LogP contribution is -2.42. The van der Waals surface area contributed by atoms with Crippen LogP contribution in [0.4, 0.5) is 0 Å². The SMILES string of the molecule is Cc1c(C(=O)N2CCCCCC2)sc2ncn(CC(=O)N3CCCC(C)C3)c(=O)c12. The zero-order chi connectivity index (χ0) is 21.3. The molecule has 4 rings (SSSR count). The first-order valence-corrected chi connectivity index (χ1v) is 11.8. The summed E-state index contributed by atoms with van der Waals surface area (Å²) >= 11 is 1.29. The number of hydrogen-bond acceptors (Lipinski definition) is 5. The maximum Gasteiger partial charge on any atom is 0.264 e. The van der Waals surface area contributed by atoms with Crippen molar-refractivity contribution in [1.29, 1.82) is 0 Å². The third-order valence-electron chi connectivity index (χ3n) is 6.32. The molecule has 2 aliphatic rings. The fourth-order valence-corrected chi connectivity index (χ4v) is 5.66. The van der Waals surface area contributed by atoms with Crippen molar-refractivity contribution in [3.8, 4) is 0 Å².